The van der Waals surface area contributed by atoms with Crippen molar-refractivity contribution in [1.82, 2.24) is 5.32 Å². The van der Waals surface area contributed by atoms with Crippen molar-refractivity contribution >= 4 is 11.9 Å². The Kier molecular flexibility index (Phi) is 7.01. The highest BCUT2D eigenvalue weighted by Crippen LogP contribution is 2.62. The van der Waals surface area contributed by atoms with Gasteiger partial charge in [0.15, 0.2) is 0 Å². The Balaban J connectivity index is 1.32. The van der Waals surface area contributed by atoms with E-state index in [1.807, 2.05) is 12.1 Å². The maximum absolute atomic E-state index is 12.1. The molecule has 0 radical (unpaired) electrons. The monoisotopic (exact) mass is 458 g/mol. The molecule has 3 unspecified atom stereocenters. The van der Waals surface area contributed by atoms with Crippen LogP contribution in [0.25, 0.3) is 0 Å². The molecule has 33 heavy (non-hydrogen) atoms. The number of rotatable bonds is 8. The van der Waals surface area contributed by atoms with Crippen molar-refractivity contribution in [1.29, 1.82) is 0 Å². The topological polar surface area (TPSA) is 133 Å². The molecule has 1 aromatic rings. The van der Waals surface area contributed by atoms with Crippen LogP contribution in [0.5, 0.6) is 5.75 Å². The van der Waals surface area contributed by atoms with Gasteiger partial charge in [-0.2, -0.15) is 0 Å². The zero-order valence-corrected chi connectivity index (χ0v) is 19.5. The first-order valence-corrected chi connectivity index (χ1v) is 12.5. The molecule has 0 saturated heterocycles. The van der Waals surface area contributed by atoms with E-state index in [2.05, 4.69) is 18.3 Å². The summed E-state index contributed by atoms with van der Waals surface area (Å²) in [6, 6.07) is 5.04. The Morgan fingerprint density at radius 1 is 1.30 bits per heavy atom. The van der Waals surface area contributed by atoms with Gasteiger partial charge in [0.05, 0.1) is 12.1 Å². The molecule has 2 fully saturated rings. The number of nitrogens with two attached hydrogens (primary N) is 1. The van der Waals surface area contributed by atoms with Crippen LogP contribution in [0.3, 0.4) is 0 Å². The molecule has 1 amide bonds. The van der Waals surface area contributed by atoms with Crippen LogP contribution in [0.1, 0.15) is 75.3 Å². The molecule has 0 aliphatic heterocycles. The van der Waals surface area contributed by atoms with Crippen LogP contribution >= 0.6 is 0 Å². The van der Waals surface area contributed by atoms with Gasteiger partial charge in [0.1, 0.15) is 5.75 Å². The van der Waals surface area contributed by atoms with Crippen LogP contribution in [0.15, 0.2) is 18.2 Å². The molecular weight excluding hydrogens is 420 g/mol. The van der Waals surface area contributed by atoms with Crippen LogP contribution in [-0.2, 0) is 16.0 Å². The summed E-state index contributed by atoms with van der Waals surface area (Å²) < 4.78 is 0. The molecule has 7 heteroatoms. The van der Waals surface area contributed by atoms with E-state index in [0.29, 0.717) is 30.0 Å². The molecule has 7 atom stereocenters. The first-order valence-electron chi connectivity index (χ1n) is 12.5. The lowest BCUT2D eigenvalue weighted by Gasteiger charge is -2.50. The van der Waals surface area contributed by atoms with Crippen molar-refractivity contribution in [2.75, 3.05) is 6.54 Å². The molecular formula is C26H38N2O5. The normalized spacial score (nSPS) is 33.5. The summed E-state index contributed by atoms with van der Waals surface area (Å²) in [5.41, 5.74) is 8.39. The van der Waals surface area contributed by atoms with Crippen LogP contribution in [0.4, 0.5) is 0 Å². The standard InChI is InChI=1S/C26H38N2O5/c1-26-11-10-19-18-7-5-17(29)13-15(18)4-6-20(19)21(26)14-16(24(26)32)3-2-12-28-25(33)22(27)8-9-23(30)31/h5,7,13,16,19-22,24,29,32H,2-4,6,8-12,14,27H2,1H3,(H,28,33)(H,30,31)/t16-,19?,20?,21?,22-,24-,26-/m0/s1. The van der Waals surface area contributed by atoms with E-state index in [1.54, 1.807) is 0 Å². The molecule has 1 aromatic carbocycles. The first kappa shape index (κ1) is 24.0. The fourth-order valence-corrected chi connectivity index (χ4v) is 7.11. The van der Waals surface area contributed by atoms with Crippen molar-refractivity contribution in [2.24, 2.45) is 28.9 Å². The molecule has 0 aromatic heterocycles. The summed E-state index contributed by atoms with van der Waals surface area (Å²) in [5.74, 6) is 0.912. The molecule has 182 valence electrons. The predicted octanol–water partition coefficient (Wildman–Crippen LogP) is 2.92. The van der Waals surface area contributed by atoms with E-state index in [0.717, 1.165) is 44.9 Å². The second kappa shape index (κ2) is 9.63. The van der Waals surface area contributed by atoms with Crippen LogP contribution < -0.4 is 11.1 Å². The molecule has 0 spiro atoms. The Labute approximate surface area is 195 Å². The number of phenols is 1. The van der Waals surface area contributed by atoms with E-state index in [-0.39, 0.29) is 36.2 Å². The number of aliphatic hydroxyl groups is 1. The number of amides is 1. The summed E-state index contributed by atoms with van der Waals surface area (Å²) in [4.78, 5) is 22.7. The number of aliphatic hydroxyl groups excluding tert-OH is 1. The van der Waals surface area contributed by atoms with Crippen LogP contribution in [-0.4, -0.2) is 45.9 Å². The number of carbonyl (C=O) groups is 2. The predicted molar refractivity (Wildman–Crippen MR) is 125 cm³/mol. The summed E-state index contributed by atoms with van der Waals surface area (Å²) in [6.45, 7) is 2.77. The van der Waals surface area contributed by atoms with E-state index in [4.69, 9.17) is 10.8 Å². The van der Waals surface area contributed by atoms with Crippen LogP contribution in [0, 0.1) is 23.2 Å². The van der Waals surface area contributed by atoms with Gasteiger partial charge in [-0.15, -0.1) is 0 Å². The SMILES string of the molecule is C[C@]12CCC3c4ccc(O)cc4CCC3C1C[C@H](CCCNC(=O)[C@@H](N)CCC(=O)O)[C@@H]2O. The lowest BCUT2D eigenvalue weighted by Crippen LogP contribution is -2.44. The quantitative estimate of drug-likeness (QED) is 0.381. The molecule has 3 aliphatic carbocycles. The third kappa shape index (κ3) is 4.76. The van der Waals surface area contributed by atoms with Crippen molar-refractivity contribution in [3.8, 4) is 5.75 Å². The first-order chi connectivity index (χ1) is 15.7. The highest BCUT2D eigenvalue weighted by atomic mass is 16.4. The lowest BCUT2D eigenvalue weighted by atomic mass is 9.55. The average molecular weight is 459 g/mol. The van der Waals surface area contributed by atoms with Crippen molar-refractivity contribution in [3.05, 3.63) is 29.3 Å². The number of carbonyl (C=O) groups excluding carboxylic acids is 1. The Bertz CT molecular complexity index is 889. The number of hydrogen-bond acceptors (Lipinski definition) is 5. The van der Waals surface area contributed by atoms with Crippen LogP contribution in [0.2, 0.25) is 0 Å². The number of aromatic hydroxyl groups is 1. The number of carboxylic acid groups (broad SMARTS) is 1. The fourth-order valence-electron chi connectivity index (χ4n) is 7.11. The summed E-state index contributed by atoms with van der Waals surface area (Å²) in [7, 11) is 0. The van der Waals surface area contributed by atoms with Crippen molar-refractivity contribution in [3.63, 3.8) is 0 Å². The number of carboxylic acids is 1. The highest BCUT2D eigenvalue weighted by Gasteiger charge is 2.57. The number of fused-ring (bicyclic) bond motifs is 5. The number of benzene rings is 1. The minimum atomic E-state index is -0.953. The van der Waals surface area contributed by atoms with Gasteiger partial charge in [0, 0.05) is 13.0 Å². The van der Waals surface area contributed by atoms with Gasteiger partial charge in [-0.1, -0.05) is 13.0 Å². The van der Waals surface area contributed by atoms with Gasteiger partial charge in [-0.25, -0.2) is 0 Å². The maximum atomic E-state index is 12.1. The van der Waals surface area contributed by atoms with Gasteiger partial charge in [0.2, 0.25) is 5.91 Å². The zero-order chi connectivity index (χ0) is 23.8. The van der Waals surface area contributed by atoms with E-state index in [1.165, 1.54) is 11.1 Å². The molecule has 0 bridgehead atoms. The lowest BCUT2D eigenvalue weighted by molar-refractivity contribution is -0.137. The van der Waals surface area contributed by atoms with Gasteiger partial charge in [-0.3, -0.25) is 9.59 Å². The second-order valence-electron chi connectivity index (χ2n) is 10.8. The molecule has 4 rings (SSSR count). The van der Waals surface area contributed by atoms with E-state index >= 15 is 0 Å². The largest absolute Gasteiger partial charge is 0.508 e. The average Bonchev–Trinajstić information content (AvgIpc) is 3.04. The molecule has 3 aliphatic rings. The van der Waals surface area contributed by atoms with Gasteiger partial charge >= 0.3 is 5.97 Å². The minimum Gasteiger partial charge on any atom is -0.508 e. The van der Waals surface area contributed by atoms with Gasteiger partial charge in [-0.05, 0) is 104 Å². The van der Waals surface area contributed by atoms with Gasteiger partial charge in [0.25, 0.3) is 0 Å². The smallest absolute Gasteiger partial charge is 0.303 e. The number of aryl methyl sites for hydroxylation is 1. The van der Waals surface area contributed by atoms with Crippen molar-refractivity contribution < 1.29 is 24.9 Å². The Morgan fingerprint density at radius 3 is 2.85 bits per heavy atom. The van der Waals surface area contributed by atoms with Gasteiger partial charge < -0.3 is 26.4 Å². The van der Waals surface area contributed by atoms with E-state index in [9.17, 15) is 19.8 Å². The third-order valence-corrected chi connectivity index (χ3v) is 8.88. The Hall–Kier alpha value is -2.12. The van der Waals surface area contributed by atoms with E-state index < -0.39 is 12.0 Å². The maximum Gasteiger partial charge on any atom is 0.303 e. The number of aliphatic carboxylic acids is 1. The zero-order valence-electron chi connectivity index (χ0n) is 19.5. The molecule has 6 N–H and O–H groups in total. The third-order valence-electron chi connectivity index (χ3n) is 8.88. The minimum absolute atomic E-state index is 0.0529. The summed E-state index contributed by atoms with van der Waals surface area (Å²) in [5, 5.41) is 32.7. The summed E-state index contributed by atoms with van der Waals surface area (Å²) >= 11 is 0. The number of nitrogens with one attached hydrogen (secondary N) is 1. The Morgan fingerprint density at radius 2 is 2.09 bits per heavy atom. The number of phenolic OH excluding ortho intramolecular Hbond substituents is 1. The highest BCUT2D eigenvalue weighted by molar-refractivity contribution is 5.82. The molecule has 7 nitrogen and oxygen atoms in total. The summed E-state index contributed by atoms with van der Waals surface area (Å²) in [6.07, 6.45) is 6.58. The fraction of sp³-hybridized carbons (Fsp3) is 0.692. The van der Waals surface area contributed by atoms with Crippen molar-refractivity contribution in [2.45, 2.75) is 82.8 Å². The second-order valence-corrected chi connectivity index (χ2v) is 10.8. The molecule has 0 heterocycles. The molecule has 2 saturated carbocycles. The number of hydrogen-bond donors (Lipinski definition) is 5.